The van der Waals surface area contributed by atoms with Gasteiger partial charge in [0, 0.05) is 18.0 Å². The van der Waals surface area contributed by atoms with Gasteiger partial charge in [-0.1, -0.05) is 62.0 Å². The second kappa shape index (κ2) is 7.93. The Morgan fingerprint density at radius 3 is 2.48 bits per heavy atom. The standard InChI is InChI=1S/C17H25N3O/c1-3-4-5-6-7-8-16-19-17(20-21-16)15-11-9-14(10-12-15)13(2)18/h9-13H,3-8,18H2,1-2H3/t13-/m1/s1. The molecule has 0 unspecified atom stereocenters. The van der Waals surface area contributed by atoms with Gasteiger partial charge in [-0.2, -0.15) is 4.98 Å². The summed E-state index contributed by atoms with van der Waals surface area (Å²) in [4.78, 5) is 4.46. The van der Waals surface area contributed by atoms with Crippen LogP contribution in [-0.4, -0.2) is 10.1 Å². The van der Waals surface area contributed by atoms with Crippen LogP contribution in [0.5, 0.6) is 0 Å². The van der Waals surface area contributed by atoms with Crippen LogP contribution in [-0.2, 0) is 6.42 Å². The first-order valence-corrected chi connectivity index (χ1v) is 7.89. The van der Waals surface area contributed by atoms with Crippen LogP contribution in [0.25, 0.3) is 11.4 Å². The van der Waals surface area contributed by atoms with Gasteiger partial charge < -0.3 is 10.3 Å². The minimum Gasteiger partial charge on any atom is -0.339 e. The van der Waals surface area contributed by atoms with Crippen LogP contribution in [0.3, 0.4) is 0 Å². The lowest BCUT2D eigenvalue weighted by atomic mass is 10.1. The molecule has 0 amide bonds. The number of benzene rings is 1. The molecule has 0 aliphatic carbocycles. The summed E-state index contributed by atoms with van der Waals surface area (Å²) in [7, 11) is 0. The summed E-state index contributed by atoms with van der Waals surface area (Å²) < 4.78 is 5.32. The van der Waals surface area contributed by atoms with Crippen molar-refractivity contribution in [2.45, 2.75) is 58.4 Å². The first-order chi connectivity index (χ1) is 10.2. The van der Waals surface area contributed by atoms with Crippen LogP contribution in [0.2, 0.25) is 0 Å². The third-order valence-corrected chi connectivity index (χ3v) is 3.66. The van der Waals surface area contributed by atoms with Gasteiger partial charge >= 0.3 is 0 Å². The maximum atomic E-state index is 5.85. The lowest BCUT2D eigenvalue weighted by Crippen LogP contribution is -2.04. The Hall–Kier alpha value is -1.68. The molecule has 21 heavy (non-hydrogen) atoms. The Labute approximate surface area is 126 Å². The van der Waals surface area contributed by atoms with Crippen molar-refractivity contribution in [2.24, 2.45) is 5.73 Å². The van der Waals surface area contributed by atoms with Gasteiger partial charge in [0.1, 0.15) is 0 Å². The van der Waals surface area contributed by atoms with E-state index in [1.165, 1.54) is 25.7 Å². The lowest BCUT2D eigenvalue weighted by molar-refractivity contribution is 0.374. The van der Waals surface area contributed by atoms with E-state index in [4.69, 9.17) is 10.3 Å². The van der Waals surface area contributed by atoms with E-state index in [9.17, 15) is 0 Å². The predicted molar refractivity (Wildman–Crippen MR) is 84.8 cm³/mol. The van der Waals surface area contributed by atoms with E-state index in [-0.39, 0.29) is 6.04 Å². The summed E-state index contributed by atoms with van der Waals surface area (Å²) >= 11 is 0. The van der Waals surface area contributed by atoms with Crippen molar-refractivity contribution < 1.29 is 4.52 Å². The van der Waals surface area contributed by atoms with Crippen LogP contribution in [0.1, 0.15) is 63.4 Å². The molecule has 2 aromatic rings. The Morgan fingerprint density at radius 2 is 1.81 bits per heavy atom. The highest BCUT2D eigenvalue weighted by atomic mass is 16.5. The Kier molecular flexibility index (Phi) is 5.93. The molecule has 0 bridgehead atoms. The van der Waals surface area contributed by atoms with Gasteiger partial charge in [0.2, 0.25) is 11.7 Å². The molecule has 1 heterocycles. The molecular formula is C17H25N3O. The molecule has 0 aliphatic heterocycles. The molecule has 2 rings (SSSR count). The van der Waals surface area contributed by atoms with Gasteiger partial charge in [0.25, 0.3) is 0 Å². The van der Waals surface area contributed by atoms with Crippen molar-refractivity contribution in [1.82, 2.24) is 10.1 Å². The zero-order valence-corrected chi connectivity index (χ0v) is 13.0. The van der Waals surface area contributed by atoms with Crippen molar-refractivity contribution >= 4 is 0 Å². The molecule has 1 aromatic carbocycles. The van der Waals surface area contributed by atoms with Gasteiger partial charge in [0.15, 0.2) is 0 Å². The second-order valence-corrected chi connectivity index (χ2v) is 5.59. The number of hydrogen-bond donors (Lipinski definition) is 1. The molecular weight excluding hydrogens is 262 g/mol. The third-order valence-electron chi connectivity index (χ3n) is 3.66. The number of aromatic nitrogens is 2. The highest BCUT2D eigenvalue weighted by Crippen LogP contribution is 2.19. The van der Waals surface area contributed by atoms with Crippen LogP contribution in [0.15, 0.2) is 28.8 Å². The van der Waals surface area contributed by atoms with E-state index < -0.39 is 0 Å². The SMILES string of the molecule is CCCCCCCc1nc(-c2ccc([C@@H](C)N)cc2)no1. The molecule has 4 nitrogen and oxygen atoms in total. The van der Waals surface area contributed by atoms with E-state index in [1.807, 2.05) is 31.2 Å². The monoisotopic (exact) mass is 287 g/mol. The number of nitrogens with zero attached hydrogens (tertiary/aromatic N) is 2. The normalized spacial score (nSPS) is 12.5. The molecule has 0 aliphatic rings. The van der Waals surface area contributed by atoms with Crippen molar-refractivity contribution in [3.05, 3.63) is 35.7 Å². The van der Waals surface area contributed by atoms with E-state index in [0.29, 0.717) is 5.82 Å². The minimum atomic E-state index is 0.0444. The summed E-state index contributed by atoms with van der Waals surface area (Å²) in [5, 5.41) is 4.06. The lowest BCUT2D eigenvalue weighted by Gasteiger charge is -2.04. The Morgan fingerprint density at radius 1 is 1.10 bits per heavy atom. The molecule has 2 N–H and O–H groups in total. The summed E-state index contributed by atoms with van der Waals surface area (Å²) in [5.74, 6) is 1.40. The van der Waals surface area contributed by atoms with Gasteiger partial charge in [-0.3, -0.25) is 0 Å². The smallest absolute Gasteiger partial charge is 0.226 e. The number of hydrogen-bond acceptors (Lipinski definition) is 4. The first kappa shape index (κ1) is 15.7. The fourth-order valence-corrected chi connectivity index (χ4v) is 2.29. The zero-order valence-electron chi connectivity index (χ0n) is 13.0. The van der Waals surface area contributed by atoms with Crippen molar-refractivity contribution in [1.29, 1.82) is 0 Å². The summed E-state index contributed by atoms with van der Waals surface area (Å²) in [5.41, 5.74) is 7.93. The van der Waals surface area contributed by atoms with E-state index >= 15 is 0 Å². The maximum absolute atomic E-state index is 5.85. The van der Waals surface area contributed by atoms with Crippen LogP contribution >= 0.6 is 0 Å². The van der Waals surface area contributed by atoms with Gasteiger partial charge in [-0.25, -0.2) is 0 Å². The molecule has 1 atom stereocenters. The zero-order chi connectivity index (χ0) is 15.1. The average Bonchev–Trinajstić information content (AvgIpc) is 2.96. The molecule has 0 saturated carbocycles. The molecule has 4 heteroatoms. The van der Waals surface area contributed by atoms with Crippen LogP contribution < -0.4 is 5.73 Å². The predicted octanol–water partition coefficient (Wildman–Crippen LogP) is 4.27. The number of rotatable bonds is 8. The van der Waals surface area contributed by atoms with Crippen molar-refractivity contribution in [2.75, 3.05) is 0 Å². The molecule has 114 valence electrons. The molecule has 0 spiro atoms. The van der Waals surface area contributed by atoms with Crippen LogP contribution in [0, 0.1) is 0 Å². The topological polar surface area (TPSA) is 64.9 Å². The number of nitrogens with two attached hydrogens (primary N) is 1. The number of unbranched alkanes of at least 4 members (excludes halogenated alkanes) is 4. The van der Waals surface area contributed by atoms with E-state index in [2.05, 4.69) is 17.1 Å². The Balaban J connectivity index is 1.90. The fraction of sp³-hybridized carbons (Fsp3) is 0.529. The highest BCUT2D eigenvalue weighted by Gasteiger charge is 2.09. The average molecular weight is 287 g/mol. The maximum Gasteiger partial charge on any atom is 0.226 e. The second-order valence-electron chi connectivity index (χ2n) is 5.59. The first-order valence-electron chi connectivity index (χ1n) is 7.89. The van der Waals surface area contributed by atoms with Gasteiger partial charge in [0.05, 0.1) is 0 Å². The Bertz CT molecular complexity index is 531. The molecule has 1 aromatic heterocycles. The molecule has 0 fully saturated rings. The summed E-state index contributed by atoms with van der Waals surface area (Å²) in [6.07, 6.45) is 7.08. The van der Waals surface area contributed by atoms with Crippen LogP contribution in [0.4, 0.5) is 0 Å². The summed E-state index contributed by atoms with van der Waals surface area (Å²) in [6.45, 7) is 4.20. The van der Waals surface area contributed by atoms with E-state index in [0.717, 1.165) is 29.9 Å². The van der Waals surface area contributed by atoms with E-state index in [1.54, 1.807) is 0 Å². The van der Waals surface area contributed by atoms with Gasteiger partial charge in [-0.05, 0) is 18.9 Å². The highest BCUT2D eigenvalue weighted by molar-refractivity contribution is 5.54. The quantitative estimate of drug-likeness (QED) is 0.736. The van der Waals surface area contributed by atoms with Crippen molar-refractivity contribution in [3.8, 4) is 11.4 Å². The molecule has 0 saturated heterocycles. The number of aryl methyl sites for hydroxylation is 1. The van der Waals surface area contributed by atoms with Gasteiger partial charge in [-0.15, -0.1) is 0 Å². The van der Waals surface area contributed by atoms with Crippen molar-refractivity contribution in [3.63, 3.8) is 0 Å². The third kappa shape index (κ3) is 4.67. The largest absolute Gasteiger partial charge is 0.339 e. The minimum absolute atomic E-state index is 0.0444. The molecule has 0 radical (unpaired) electrons. The summed E-state index contributed by atoms with van der Waals surface area (Å²) in [6, 6.07) is 8.06. The fourth-order valence-electron chi connectivity index (χ4n) is 2.29.